The fourth-order valence-electron chi connectivity index (χ4n) is 17.3. The zero-order valence-electron chi connectivity index (χ0n) is 67.5. The molecule has 0 aliphatic rings. The Morgan fingerprint density at radius 2 is 0.331 bits per heavy atom. The number of benzene rings is 18. The van der Waals surface area contributed by atoms with Gasteiger partial charge in [-0.1, -0.05) is 291 Å². The van der Waals surface area contributed by atoms with Crippen molar-refractivity contribution >= 4 is 135 Å². The molecule has 0 aliphatic heterocycles. The maximum atomic E-state index is 6.47. The van der Waals surface area contributed by atoms with E-state index in [2.05, 4.69) is 469 Å². The molecule has 4 heterocycles. The SMILES string of the molecule is c1ccc(-c2ccc(-c3ccc(N(c4ccc(-c5ccc(N(c6ccc(-c7ccc(N(c8ccccc8)c8ccc(-c9cccc%10c9oc9ccccc9%10)cc8)cc7)cc6)c6ccc(-c7ccc(-c8ccccc8)s7)cc6)cc5)cc4)c4ccc(-c5ccc(N(c6ccccc6)c6ccc(-c7cccc8c7oc7ccccc78)cc6)cc5)cc4)cc3)s2)cc1. The molecule has 6 nitrogen and oxygen atoms in total. The predicted octanol–water partition coefficient (Wildman–Crippen LogP) is 34.5. The smallest absolute Gasteiger partial charge is 0.143 e. The fourth-order valence-corrected chi connectivity index (χ4v) is 19.4. The van der Waals surface area contributed by atoms with Crippen molar-refractivity contribution in [3.05, 3.63) is 473 Å². The van der Waals surface area contributed by atoms with Gasteiger partial charge in [-0.05, 0) is 249 Å². The van der Waals surface area contributed by atoms with Gasteiger partial charge in [0.05, 0.1) is 0 Å². The first kappa shape index (κ1) is 74.5. The van der Waals surface area contributed by atoms with Gasteiger partial charge in [-0.2, -0.15) is 0 Å². The maximum absolute atomic E-state index is 6.47. The Morgan fingerprint density at radius 3 is 0.589 bits per heavy atom. The molecular formula is C116H78N4O2S2. The van der Waals surface area contributed by atoms with E-state index in [0.717, 1.165) is 168 Å². The topological polar surface area (TPSA) is 39.2 Å². The quantitative estimate of drug-likeness (QED) is 0.0714. The van der Waals surface area contributed by atoms with Gasteiger partial charge in [0.25, 0.3) is 0 Å². The van der Waals surface area contributed by atoms with Crippen LogP contribution in [0.15, 0.2) is 482 Å². The Balaban J connectivity index is 0.550. The van der Waals surface area contributed by atoms with Crippen LogP contribution in [0.5, 0.6) is 0 Å². The third-order valence-corrected chi connectivity index (χ3v) is 26.0. The van der Waals surface area contributed by atoms with E-state index in [-0.39, 0.29) is 0 Å². The summed E-state index contributed by atoms with van der Waals surface area (Å²) in [6.07, 6.45) is 0. The number of hydrogen-bond acceptors (Lipinski definition) is 8. The molecule has 0 aliphatic carbocycles. The maximum Gasteiger partial charge on any atom is 0.143 e. The Hall–Kier alpha value is -15.8. The lowest BCUT2D eigenvalue weighted by Crippen LogP contribution is -2.10. The van der Waals surface area contributed by atoms with E-state index in [1.165, 1.54) is 41.8 Å². The summed E-state index contributed by atoms with van der Waals surface area (Å²) in [4.78, 5) is 14.3. The summed E-state index contributed by atoms with van der Waals surface area (Å²) in [5.74, 6) is 0. The monoisotopic (exact) mass is 1620 g/mol. The molecule has 0 spiro atoms. The lowest BCUT2D eigenvalue weighted by molar-refractivity contribution is 0.669. The van der Waals surface area contributed by atoms with Gasteiger partial charge in [0.1, 0.15) is 22.3 Å². The number of fused-ring (bicyclic) bond motifs is 6. The second-order valence-corrected chi connectivity index (χ2v) is 33.3. The molecule has 0 saturated heterocycles. The van der Waals surface area contributed by atoms with E-state index in [9.17, 15) is 0 Å². The highest BCUT2D eigenvalue weighted by Crippen LogP contribution is 2.47. The van der Waals surface area contributed by atoms with E-state index < -0.39 is 0 Å². The molecule has 0 N–H and O–H groups in total. The average Bonchev–Trinajstić information content (AvgIpc) is 1.65. The van der Waals surface area contributed by atoms with Gasteiger partial charge in [0, 0.05) is 120 Å². The van der Waals surface area contributed by atoms with Crippen LogP contribution in [-0.4, -0.2) is 0 Å². The highest BCUT2D eigenvalue weighted by molar-refractivity contribution is 7.19. The zero-order valence-corrected chi connectivity index (χ0v) is 69.1. The molecule has 586 valence electrons. The third-order valence-electron chi connectivity index (χ3n) is 23.6. The molecule has 18 aromatic carbocycles. The average molecular weight is 1620 g/mol. The van der Waals surface area contributed by atoms with Crippen molar-refractivity contribution in [3.63, 3.8) is 0 Å². The van der Waals surface area contributed by atoms with Gasteiger partial charge in [-0.15, -0.1) is 22.7 Å². The fraction of sp³-hybridized carbons (Fsp3) is 0. The standard InChI is InChI=1S/C116H78N4O2S2/c1-5-19-87(20-6-1)111-75-77-113(123-111)89-51-71-101(72-52-89)119(95-59-39-81(40-60-95)79-35-55-93(56-36-79)117(91-23-9-3-10-24-91)99-67-47-85(48-68-99)103-29-17-31-107-105-27-13-15-33-109(105)121-115(103)107)97-63-43-83(44-64-97)84-45-65-98(66-46-84)120(102-73-53-90(54-74-102)114-78-76-112(124-114)88-21-7-2-8-22-88)96-61-41-82(42-62-96)80-37-57-94(58-38-80)118(92-25-11-4-12-26-92)100-69-49-86(50-70-100)104-30-18-32-108-106-28-14-16-34-110(106)122-116(104)108/h1-78H. The van der Waals surface area contributed by atoms with Crippen molar-refractivity contribution in [1.29, 1.82) is 0 Å². The van der Waals surface area contributed by atoms with Crippen LogP contribution in [0.2, 0.25) is 0 Å². The number of hydrogen-bond donors (Lipinski definition) is 0. The second kappa shape index (κ2) is 32.7. The van der Waals surface area contributed by atoms with Crippen LogP contribution < -0.4 is 19.6 Å². The van der Waals surface area contributed by atoms with Crippen LogP contribution in [0.3, 0.4) is 0 Å². The van der Waals surface area contributed by atoms with Crippen LogP contribution in [0.4, 0.5) is 68.2 Å². The van der Waals surface area contributed by atoms with Gasteiger partial charge < -0.3 is 28.4 Å². The highest BCUT2D eigenvalue weighted by Gasteiger charge is 2.23. The third kappa shape index (κ3) is 14.5. The molecule has 0 amide bonds. The molecule has 0 saturated carbocycles. The molecule has 124 heavy (non-hydrogen) atoms. The number of para-hydroxylation sites is 6. The number of nitrogens with zero attached hydrogens (tertiary/aromatic N) is 4. The predicted molar refractivity (Wildman–Crippen MR) is 524 cm³/mol. The Labute approximate surface area is 728 Å². The van der Waals surface area contributed by atoms with Crippen LogP contribution in [0, 0.1) is 0 Å². The molecule has 0 fully saturated rings. The summed E-state index contributed by atoms with van der Waals surface area (Å²) in [5, 5.41) is 4.49. The summed E-state index contributed by atoms with van der Waals surface area (Å²) in [6, 6.07) is 170. The second-order valence-electron chi connectivity index (χ2n) is 31.1. The van der Waals surface area contributed by atoms with Gasteiger partial charge in [-0.25, -0.2) is 0 Å². The van der Waals surface area contributed by atoms with E-state index in [1.54, 1.807) is 0 Å². The molecule has 0 radical (unpaired) electrons. The van der Waals surface area contributed by atoms with Gasteiger partial charge >= 0.3 is 0 Å². The van der Waals surface area contributed by atoms with Crippen LogP contribution in [-0.2, 0) is 0 Å². The Morgan fingerprint density at radius 1 is 0.137 bits per heavy atom. The normalized spacial score (nSPS) is 11.4. The molecular weight excluding hydrogens is 1550 g/mol. The van der Waals surface area contributed by atoms with E-state index in [1.807, 2.05) is 46.9 Å². The highest BCUT2D eigenvalue weighted by atomic mass is 32.1. The van der Waals surface area contributed by atoms with Crippen molar-refractivity contribution in [2.24, 2.45) is 0 Å². The first-order valence-electron chi connectivity index (χ1n) is 41.9. The Bertz CT molecular complexity index is 7050. The summed E-state index contributed by atoms with van der Waals surface area (Å²) >= 11 is 3.64. The Kier molecular flexibility index (Phi) is 19.6. The van der Waals surface area contributed by atoms with Crippen LogP contribution >= 0.6 is 22.7 Å². The van der Waals surface area contributed by atoms with Crippen molar-refractivity contribution in [2.45, 2.75) is 0 Å². The largest absolute Gasteiger partial charge is 0.455 e. The molecule has 4 aromatic heterocycles. The van der Waals surface area contributed by atoms with Gasteiger partial charge in [-0.3, -0.25) is 0 Å². The minimum atomic E-state index is 0.894. The minimum Gasteiger partial charge on any atom is -0.455 e. The summed E-state index contributed by atoms with van der Waals surface area (Å²) in [6.45, 7) is 0. The zero-order chi connectivity index (χ0) is 82.2. The summed E-state index contributed by atoms with van der Waals surface area (Å²) in [7, 11) is 0. The van der Waals surface area contributed by atoms with E-state index >= 15 is 0 Å². The number of furan rings is 2. The number of anilines is 12. The van der Waals surface area contributed by atoms with Crippen LogP contribution in [0.25, 0.3) is 141 Å². The summed E-state index contributed by atoms with van der Waals surface area (Å²) in [5.41, 5.74) is 32.2. The molecule has 22 rings (SSSR count). The molecule has 0 bridgehead atoms. The van der Waals surface area contributed by atoms with E-state index in [0.29, 0.717) is 0 Å². The van der Waals surface area contributed by atoms with E-state index in [4.69, 9.17) is 8.83 Å². The van der Waals surface area contributed by atoms with Crippen LogP contribution in [0.1, 0.15) is 0 Å². The molecule has 22 aromatic rings. The van der Waals surface area contributed by atoms with Crippen molar-refractivity contribution in [2.75, 3.05) is 19.6 Å². The lowest BCUT2D eigenvalue weighted by Gasteiger charge is -2.27. The molecule has 0 unspecified atom stereocenters. The number of thiophene rings is 2. The van der Waals surface area contributed by atoms with Crippen molar-refractivity contribution in [1.82, 2.24) is 0 Å². The minimum absolute atomic E-state index is 0.894. The molecule has 8 heteroatoms. The number of rotatable bonds is 21. The first-order chi connectivity index (χ1) is 61.4. The summed E-state index contributed by atoms with van der Waals surface area (Å²) < 4.78 is 12.9. The first-order valence-corrected chi connectivity index (χ1v) is 43.5. The van der Waals surface area contributed by atoms with Gasteiger partial charge in [0.15, 0.2) is 0 Å². The van der Waals surface area contributed by atoms with Crippen molar-refractivity contribution in [3.8, 4) is 97.4 Å². The lowest BCUT2D eigenvalue weighted by atomic mass is 10.0. The van der Waals surface area contributed by atoms with Gasteiger partial charge in [0.2, 0.25) is 0 Å². The van der Waals surface area contributed by atoms with Crippen molar-refractivity contribution < 1.29 is 8.83 Å². The molecule has 0 atom stereocenters.